The molecule has 3 aromatic carbocycles. The van der Waals surface area contributed by atoms with E-state index in [1.165, 1.54) is 11.1 Å². The molecular weight excluding hydrogens is 478 g/mol. The normalized spacial score (nSPS) is 14.2. The Balaban J connectivity index is 1.39. The Morgan fingerprint density at radius 2 is 1.65 bits per heavy atom. The molecule has 1 amide bonds. The van der Waals surface area contributed by atoms with Crippen molar-refractivity contribution >= 4 is 17.7 Å². The summed E-state index contributed by atoms with van der Waals surface area (Å²) in [6.07, 6.45) is 0.696. The Labute approximate surface area is 223 Å². The molecule has 4 aromatic rings. The van der Waals surface area contributed by atoms with Crippen LogP contribution in [0.4, 0.5) is 0 Å². The fraction of sp³-hybridized carbons (Fsp3) is 0.300. The lowest BCUT2D eigenvalue weighted by Crippen LogP contribution is -2.48. The number of hydrogen-bond donors (Lipinski definition) is 0. The summed E-state index contributed by atoms with van der Waals surface area (Å²) in [5.41, 5.74) is 5.24. The van der Waals surface area contributed by atoms with Gasteiger partial charge in [0.2, 0.25) is 0 Å². The van der Waals surface area contributed by atoms with E-state index in [0.29, 0.717) is 12.2 Å². The van der Waals surface area contributed by atoms with Crippen molar-refractivity contribution in [3.63, 3.8) is 0 Å². The Morgan fingerprint density at radius 3 is 2.41 bits per heavy atom. The van der Waals surface area contributed by atoms with Gasteiger partial charge < -0.3 is 9.80 Å². The molecule has 0 atom stereocenters. The van der Waals surface area contributed by atoms with Gasteiger partial charge in [-0.05, 0) is 48.4 Å². The van der Waals surface area contributed by atoms with Gasteiger partial charge in [-0.3, -0.25) is 9.36 Å². The molecule has 0 aliphatic carbocycles. The van der Waals surface area contributed by atoms with Gasteiger partial charge >= 0.3 is 0 Å². The van der Waals surface area contributed by atoms with E-state index >= 15 is 0 Å². The van der Waals surface area contributed by atoms with Gasteiger partial charge in [-0.1, -0.05) is 79.3 Å². The fourth-order valence-electron chi connectivity index (χ4n) is 4.75. The van der Waals surface area contributed by atoms with Gasteiger partial charge in [-0.15, -0.1) is 10.2 Å². The van der Waals surface area contributed by atoms with Gasteiger partial charge in [0, 0.05) is 49.6 Å². The zero-order chi connectivity index (χ0) is 25.6. The minimum atomic E-state index is 0.122. The summed E-state index contributed by atoms with van der Waals surface area (Å²) < 4.78 is 2.15. The minimum absolute atomic E-state index is 0.122. The largest absolute Gasteiger partial charge is 0.336 e. The Hall–Kier alpha value is -3.42. The van der Waals surface area contributed by atoms with Gasteiger partial charge in [0.15, 0.2) is 5.16 Å². The van der Waals surface area contributed by atoms with Crippen LogP contribution < -0.4 is 0 Å². The van der Waals surface area contributed by atoms with Crippen molar-refractivity contribution < 1.29 is 4.79 Å². The first-order valence-electron chi connectivity index (χ1n) is 12.9. The van der Waals surface area contributed by atoms with Crippen molar-refractivity contribution in [2.45, 2.75) is 31.2 Å². The van der Waals surface area contributed by atoms with Crippen LogP contribution in [-0.4, -0.2) is 63.2 Å². The first kappa shape index (κ1) is 25.2. The number of aryl methyl sites for hydroxylation is 1. The number of rotatable bonds is 8. The quantitative estimate of drug-likeness (QED) is 0.303. The van der Waals surface area contributed by atoms with Crippen molar-refractivity contribution in [1.82, 2.24) is 24.6 Å². The number of carbonyl (C=O) groups is 1. The van der Waals surface area contributed by atoms with Gasteiger partial charge in [0.05, 0.1) is 0 Å². The smallest absolute Gasteiger partial charge is 0.254 e. The molecule has 37 heavy (non-hydrogen) atoms. The molecule has 0 spiro atoms. The molecular formula is C30H33N5OS. The minimum Gasteiger partial charge on any atom is -0.336 e. The molecule has 0 unspecified atom stereocenters. The third-order valence-corrected chi connectivity index (χ3v) is 7.85. The third-order valence-electron chi connectivity index (χ3n) is 6.88. The monoisotopic (exact) mass is 511 g/mol. The highest BCUT2D eigenvalue weighted by molar-refractivity contribution is 7.98. The SMILES string of the molecule is CCN1CCN(C(=O)c2ccccc2CSc2nnc(Cc3ccccc3)n2-c2cccc(C)c2)CC1. The maximum atomic E-state index is 13.4. The standard InChI is InChI=1S/C30H33N5OS/c1-3-33-16-18-34(19-17-33)29(36)27-15-8-7-13-25(27)22-37-30-32-31-28(21-24-11-5-4-6-12-24)35(30)26-14-9-10-23(2)20-26/h4-15,20H,3,16-19,21-22H2,1-2H3. The molecule has 1 aliphatic rings. The highest BCUT2D eigenvalue weighted by atomic mass is 32.2. The summed E-state index contributed by atoms with van der Waals surface area (Å²) in [4.78, 5) is 17.8. The van der Waals surface area contributed by atoms with E-state index in [4.69, 9.17) is 0 Å². The van der Waals surface area contributed by atoms with Crippen LogP contribution in [0.2, 0.25) is 0 Å². The van der Waals surface area contributed by atoms with Gasteiger partial charge in [-0.25, -0.2) is 0 Å². The number of piperazine rings is 1. The predicted molar refractivity (Wildman–Crippen MR) is 149 cm³/mol. The average Bonchev–Trinajstić information content (AvgIpc) is 3.34. The summed E-state index contributed by atoms with van der Waals surface area (Å²) in [5, 5.41) is 10.0. The number of thioether (sulfide) groups is 1. The maximum Gasteiger partial charge on any atom is 0.254 e. The van der Waals surface area contributed by atoms with E-state index in [-0.39, 0.29) is 5.91 Å². The van der Waals surface area contributed by atoms with E-state index < -0.39 is 0 Å². The molecule has 6 nitrogen and oxygen atoms in total. The molecule has 5 rings (SSSR count). The zero-order valence-corrected chi connectivity index (χ0v) is 22.3. The first-order valence-corrected chi connectivity index (χ1v) is 13.9. The summed E-state index contributed by atoms with van der Waals surface area (Å²) in [6, 6.07) is 26.8. The number of benzene rings is 3. The lowest BCUT2D eigenvalue weighted by molar-refractivity contribution is 0.0642. The fourth-order valence-corrected chi connectivity index (χ4v) is 5.72. The highest BCUT2D eigenvalue weighted by Gasteiger charge is 2.23. The van der Waals surface area contributed by atoms with E-state index in [1.807, 2.05) is 29.2 Å². The van der Waals surface area contributed by atoms with E-state index in [1.54, 1.807) is 11.8 Å². The van der Waals surface area contributed by atoms with Crippen LogP contribution in [0.25, 0.3) is 5.69 Å². The van der Waals surface area contributed by atoms with Crippen LogP contribution in [0.5, 0.6) is 0 Å². The van der Waals surface area contributed by atoms with Gasteiger partial charge in [0.25, 0.3) is 5.91 Å². The van der Waals surface area contributed by atoms with Crippen molar-refractivity contribution in [2.24, 2.45) is 0 Å². The van der Waals surface area contributed by atoms with Crippen molar-refractivity contribution in [3.05, 3.63) is 107 Å². The molecule has 0 radical (unpaired) electrons. The molecule has 0 N–H and O–H groups in total. The molecule has 190 valence electrons. The number of carbonyl (C=O) groups excluding carboxylic acids is 1. The number of likely N-dealkylation sites (N-methyl/N-ethyl adjacent to an activating group) is 1. The zero-order valence-electron chi connectivity index (χ0n) is 21.5. The molecule has 0 bridgehead atoms. The predicted octanol–water partition coefficient (Wildman–Crippen LogP) is 5.24. The van der Waals surface area contributed by atoms with Crippen molar-refractivity contribution in [1.29, 1.82) is 0 Å². The second-order valence-corrected chi connectivity index (χ2v) is 10.4. The number of nitrogens with zero attached hydrogens (tertiary/aromatic N) is 5. The lowest BCUT2D eigenvalue weighted by Gasteiger charge is -2.34. The summed E-state index contributed by atoms with van der Waals surface area (Å²) in [7, 11) is 0. The van der Waals surface area contributed by atoms with Gasteiger partial charge in [0.1, 0.15) is 5.82 Å². The average molecular weight is 512 g/mol. The number of aromatic nitrogens is 3. The van der Waals surface area contributed by atoms with Crippen LogP contribution in [0, 0.1) is 6.92 Å². The summed E-state index contributed by atoms with van der Waals surface area (Å²) in [6.45, 7) is 8.72. The van der Waals surface area contributed by atoms with E-state index in [2.05, 4.69) is 88.1 Å². The Kier molecular flexibility index (Phi) is 8.02. The van der Waals surface area contributed by atoms with Crippen LogP contribution in [0.3, 0.4) is 0 Å². The number of amides is 1. The maximum absolute atomic E-state index is 13.4. The topological polar surface area (TPSA) is 54.3 Å². The Bertz CT molecular complexity index is 1350. The molecule has 2 heterocycles. The molecule has 1 aliphatic heterocycles. The summed E-state index contributed by atoms with van der Waals surface area (Å²) >= 11 is 1.62. The van der Waals surface area contributed by atoms with Crippen molar-refractivity contribution in [2.75, 3.05) is 32.7 Å². The molecule has 1 aromatic heterocycles. The highest BCUT2D eigenvalue weighted by Crippen LogP contribution is 2.28. The summed E-state index contributed by atoms with van der Waals surface area (Å²) in [5.74, 6) is 1.67. The van der Waals surface area contributed by atoms with Gasteiger partial charge in [-0.2, -0.15) is 0 Å². The van der Waals surface area contributed by atoms with Crippen LogP contribution in [-0.2, 0) is 12.2 Å². The Morgan fingerprint density at radius 1 is 0.892 bits per heavy atom. The molecule has 0 saturated carbocycles. The lowest BCUT2D eigenvalue weighted by atomic mass is 10.1. The van der Waals surface area contributed by atoms with Crippen LogP contribution in [0.15, 0.2) is 84.0 Å². The molecule has 7 heteroatoms. The van der Waals surface area contributed by atoms with Crippen LogP contribution in [0.1, 0.15) is 39.8 Å². The van der Waals surface area contributed by atoms with E-state index in [9.17, 15) is 4.79 Å². The van der Waals surface area contributed by atoms with Crippen LogP contribution >= 0.6 is 11.8 Å². The number of hydrogen-bond acceptors (Lipinski definition) is 5. The second kappa shape index (κ2) is 11.8. The molecule has 1 fully saturated rings. The van der Waals surface area contributed by atoms with E-state index in [0.717, 1.165) is 60.5 Å². The first-order chi connectivity index (χ1) is 18.1. The third kappa shape index (κ3) is 5.95. The van der Waals surface area contributed by atoms with Crippen molar-refractivity contribution in [3.8, 4) is 5.69 Å². The molecule has 1 saturated heterocycles. The second-order valence-electron chi connectivity index (χ2n) is 9.41.